The largest absolute Gasteiger partial charge is 0.291 e. The molecule has 0 N–H and O–H groups in total. The van der Waals surface area contributed by atoms with Crippen LogP contribution in [0, 0.1) is 6.92 Å². The highest BCUT2D eigenvalue weighted by molar-refractivity contribution is 9.10. The first-order valence-electron chi connectivity index (χ1n) is 6.24. The highest BCUT2D eigenvalue weighted by atomic mass is 79.9. The number of hydrogen-bond acceptors (Lipinski definition) is 5. The number of benzene rings is 1. The lowest BCUT2D eigenvalue weighted by Crippen LogP contribution is -2.12. The number of hydrogen-bond donors (Lipinski definition) is 0. The molecule has 0 atom stereocenters. The van der Waals surface area contributed by atoms with E-state index in [0.717, 1.165) is 10.0 Å². The van der Waals surface area contributed by atoms with Gasteiger partial charge in [0.05, 0.1) is 4.88 Å². The van der Waals surface area contributed by atoms with Crippen LogP contribution in [0.5, 0.6) is 0 Å². The number of rotatable bonds is 4. The van der Waals surface area contributed by atoms with E-state index in [2.05, 4.69) is 31.3 Å². The number of nitrogens with zero attached hydrogens (tertiary/aromatic N) is 4. The Labute approximate surface area is 133 Å². The van der Waals surface area contributed by atoms with E-state index in [1.165, 1.54) is 21.7 Å². The Kier molecular flexibility index (Phi) is 3.94. The van der Waals surface area contributed by atoms with Gasteiger partial charge in [0.25, 0.3) is 0 Å². The van der Waals surface area contributed by atoms with Gasteiger partial charge in [0, 0.05) is 10.0 Å². The Morgan fingerprint density at radius 1 is 1.29 bits per heavy atom. The minimum Gasteiger partial charge on any atom is -0.291 e. The summed E-state index contributed by atoms with van der Waals surface area (Å²) in [5.41, 5.74) is 2.06. The fourth-order valence-corrected chi connectivity index (χ4v) is 3.35. The average molecular weight is 363 g/mol. The third-order valence-electron chi connectivity index (χ3n) is 2.92. The van der Waals surface area contributed by atoms with Crippen molar-refractivity contribution in [2.45, 2.75) is 13.5 Å². The number of aryl methyl sites for hydroxylation is 1. The summed E-state index contributed by atoms with van der Waals surface area (Å²) in [5, 5.41) is 14.1. The van der Waals surface area contributed by atoms with Crippen molar-refractivity contribution in [2.24, 2.45) is 0 Å². The van der Waals surface area contributed by atoms with Gasteiger partial charge in [0.2, 0.25) is 5.82 Å². The van der Waals surface area contributed by atoms with Crippen molar-refractivity contribution in [3.05, 3.63) is 50.6 Å². The van der Waals surface area contributed by atoms with Crippen LogP contribution in [0.15, 0.2) is 40.2 Å². The van der Waals surface area contributed by atoms with E-state index in [0.29, 0.717) is 10.7 Å². The molecule has 0 aliphatic carbocycles. The number of ketones is 1. The number of Topliss-reactive ketones (excluding diaryl/α,β-unsaturated/α-hetero) is 1. The van der Waals surface area contributed by atoms with Crippen molar-refractivity contribution in [3.8, 4) is 11.4 Å². The predicted octanol–water partition coefficient (Wildman–Crippen LogP) is 3.36. The second kappa shape index (κ2) is 5.87. The topological polar surface area (TPSA) is 60.7 Å². The van der Waals surface area contributed by atoms with Gasteiger partial charge in [-0.25, -0.2) is 0 Å². The van der Waals surface area contributed by atoms with E-state index < -0.39 is 0 Å². The first kappa shape index (κ1) is 14.1. The summed E-state index contributed by atoms with van der Waals surface area (Å²) < 4.78 is 0.802. The summed E-state index contributed by atoms with van der Waals surface area (Å²) in [7, 11) is 0. The molecule has 0 radical (unpaired) electrons. The number of aromatic nitrogens is 4. The van der Waals surface area contributed by atoms with Crippen LogP contribution in [-0.2, 0) is 6.54 Å². The summed E-state index contributed by atoms with van der Waals surface area (Å²) in [6.45, 7) is 2.10. The number of halogens is 1. The van der Waals surface area contributed by atoms with Gasteiger partial charge in [0.15, 0.2) is 5.78 Å². The molecule has 7 heteroatoms. The Bertz CT molecular complexity index is 778. The van der Waals surface area contributed by atoms with Crippen molar-refractivity contribution in [3.63, 3.8) is 0 Å². The van der Waals surface area contributed by atoms with E-state index in [1.54, 1.807) is 0 Å². The monoisotopic (exact) mass is 362 g/mol. The normalized spacial score (nSPS) is 10.8. The Hall–Kier alpha value is -1.86. The third kappa shape index (κ3) is 3.08. The van der Waals surface area contributed by atoms with Gasteiger partial charge in [-0.3, -0.25) is 4.79 Å². The van der Waals surface area contributed by atoms with Gasteiger partial charge in [-0.2, -0.15) is 4.80 Å². The summed E-state index contributed by atoms with van der Waals surface area (Å²) >= 11 is 4.75. The first-order valence-corrected chi connectivity index (χ1v) is 7.92. The van der Waals surface area contributed by atoms with Crippen LogP contribution in [0.1, 0.15) is 15.2 Å². The van der Waals surface area contributed by atoms with Crippen LogP contribution in [0.3, 0.4) is 0 Å². The van der Waals surface area contributed by atoms with Gasteiger partial charge in [-0.1, -0.05) is 29.8 Å². The molecule has 0 bridgehead atoms. The molecule has 21 heavy (non-hydrogen) atoms. The zero-order valence-electron chi connectivity index (χ0n) is 11.2. The average Bonchev–Trinajstić information content (AvgIpc) is 3.09. The highest BCUT2D eigenvalue weighted by Gasteiger charge is 2.14. The molecule has 0 aliphatic rings. The SMILES string of the molecule is Cc1ccc(-c2nnn(CC(=O)c3sccc3Br)n2)cc1. The molecule has 0 fully saturated rings. The molecule has 1 aromatic carbocycles. The van der Waals surface area contributed by atoms with Crippen LogP contribution in [0.2, 0.25) is 0 Å². The van der Waals surface area contributed by atoms with E-state index >= 15 is 0 Å². The summed E-state index contributed by atoms with van der Waals surface area (Å²) in [6, 6.07) is 9.71. The van der Waals surface area contributed by atoms with Crippen molar-refractivity contribution in [2.75, 3.05) is 0 Å². The third-order valence-corrected chi connectivity index (χ3v) is 4.80. The number of tetrazole rings is 1. The van der Waals surface area contributed by atoms with Crippen LogP contribution >= 0.6 is 27.3 Å². The van der Waals surface area contributed by atoms with Gasteiger partial charge in [-0.15, -0.1) is 21.5 Å². The van der Waals surface area contributed by atoms with Gasteiger partial charge in [-0.05, 0) is 39.5 Å². The molecule has 0 spiro atoms. The highest BCUT2D eigenvalue weighted by Crippen LogP contribution is 2.23. The zero-order valence-corrected chi connectivity index (χ0v) is 13.6. The van der Waals surface area contributed by atoms with Crippen molar-refractivity contribution >= 4 is 33.0 Å². The lowest BCUT2D eigenvalue weighted by atomic mass is 10.1. The minimum absolute atomic E-state index is 0.0373. The zero-order chi connectivity index (χ0) is 14.8. The summed E-state index contributed by atoms with van der Waals surface area (Å²) in [5.74, 6) is 0.484. The lowest BCUT2D eigenvalue weighted by molar-refractivity contribution is 0.0964. The van der Waals surface area contributed by atoms with Crippen LogP contribution < -0.4 is 0 Å². The molecule has 0 saturated heterocycles. The molecular weight excluding hydrogens is 352 g/mol. The second-order valence-corrected chi connectivity index (χ2v) is 6.30. The lowest BCUT2D eigenvalue weighted by Gasteiger charge is -1.97. The van der Waals surface area contributed by atoms with Crippen molar-refractivity contribution in [1.82, 2.24) is 20.2 Å². The molecule has 3 aromatic rings. The quantitative estimate of drug-likeness (QED) is 0.667. The van der Waals surface area contributed by atoms with E-state index in [4.69, 9.17) is 0 Å². The van der Waals surface area contributed by atoms with Crippen LogP contribution in [-0.4, -0.2) is 26.0 Å². The molecule has 3 rings (SSSR count). The number of carbonyl (C=O) groups excluding carboxylic acids is 1. The van der Waals surface area contributed by atoms with Gasteiger partial charge < -0.3 is 0 Å². The van der Waals surface area contributed by atoms with E-state index in [1.807, 2.05) is 42.6 Å². The van der Waals surface area contributed by atoms with Crippen LogP contribution in [0.25, 0.3) is 11.4 Å². The molecule has 0 unspecified atom stereocenters. The van der Waals surface area contributed by atoms with E-state index in [9.17, 15) is 4.79 Å². The predicted molar refractivity (Wildman–Crippen MR) is 84.3 cm³/mol. The van der Waals surface area contributed by atoms with Crippen molar-refractivity contribution in [1.29, 1.82) is 0 Å². The number of thiophene rings is 1. The van der Waals surface area contributed by atoms with E-state index in [-0.39, 0.29) is 12.3 Å². The number of carbonyl (C=O) groups is 1. The fourth-order valence-electron chi connectivity index (χ4n) is 1.82. The van der Waals surface area contributed by atoms with Gasteiger partial charge >= 0.3 is 0 Å². The molecule has 5 nitrogen and oxygen atoms in total. The molecule has 0 amide bonds. The maximum Gasteiger partial charge on any atom is 0.204 e. The van der Waals surface area contributed by atoms with Crippen molar-refractivity contribution < 1.29 is 4.79 Å². The summed E-state index contributed by atoms with van der Waals surface area (Å²) in [6.07, 6.45) is 0. The standard InChI is InChI=1S/C14H11BrN4OS/c1-9-2-4-10(5-3-9)14-16-18-19(17-14)8-12(20)13-11(15)6-7-21-13/h2-7H,8H2,1H3. The van der Waals surface area contributed by atoms with Crippen LogP contribution in [0.4, 0.5) is 0 Å². The molecule has 2 heterocycles. The first-order chi connectivity index (χ1) is 10.1. The smallest absolute Gasteiger partial charge is 0.204 e. The Morgan fingerprint density at radius 3 is 2.71 bits per heavy atom. The molecule has 0 aliphatic heterocycles. The van der Waals surface area contributed by atoms with Gasteiger partial charge in [0.1, 0.15) is 6.54 Å². The fraction of sp³-hybridized carbons (Fsp3) is 0.143. The molecule has 106 valence electrons. The Morgan fingerprint density at radius 2 is 2.05 bits per heavy atom. The summed E-state index contributed by atoms with van der Waals surface area (Å²) in [4.78, 5) is 14.1. The second-order valence-electron chi connectivity index (χ2n) is 4.53. The minimum atomic E-state index is -0.0373. The molecule has 0 saturated carbocycles. The Balaban J connectivity index is 1.78. The maximum atomic E-state index is 12.1. The molecule has 2 aromatic heterocycles. The maximum absolute atomic E-state index is 12.1. The molecular formula is C14H11BrN4OS.